The van der Waals surface area contributed by atoms with Crippen LogP contribution in [0.15, 0.2) is 47.5 Å². The van der Waals surface area contributed by atoms with E-state index in [0.29, 0.717) is 18.4 Å². The zero-order valence-corrected chi connectivity index (χ0v) is 14.3. The largest absolute Gasteiger partial charge is 0.534 e. The monoisotopic (exact) mass is 405 g/mol. The van der Waals surface area contributed by atoms with Gasteiger partial charge in [0.15, 0.2) is 0 Å². The van der Waals surface area contributed by atoms with Crippen LogP contribution in [0.1, 0.15) is 30.0 Å². The van der Waals surface area contributed by atoms with Crippen LogP contribution in [0.5, 0.6) is 5.75 Å². The van der Waals surface area contributed by atoms with Crippen molar-refractivity contribution in [2.75, 3.05) is 0 Å². The van der Waals surface area contributed by atoms with Crippen LogP contribution in [0, 0.1) is 11.6 Å². The number of alkyl halides is 3. The second kappa shape index (κ2) is 6.91. The molecule has 3 rings (SSSR count). The van der Waals surface area contributed by atoms with E-state index in [2.05, 4.69) is 9.18 Å². The molecule has 0 aromatic heterocycles. The van der Waals surface area contributed by atoms with E-state index in [4.69, 9.17) is 0 Å². The Balaban J connectivity index is 1.80. The fraction of sp³-hybridized carbons (Fsp3) is 0.235. The topological polar surface area (TPSA) is 55.7 Å². The van der Waals surface area contributed by atoms with Gasteiger partial charge >= 0.3 is 15.6 Å². The fourth-order valence-corrected chi connectivity index (χ4v) is 3.17. The maximum absolute atomic E-state index is 13.9. The van der Waals surface area contributed by atoms with Crippen molar-refractivity contribution in [2.24, 2.45) is 4.99 Å². The highest BCUT2D eigenvalue weighted by Gasteiger charge is 2.48. The normalized spacial score (nSPS) is 17.7. The van der Waals surface area contributed by atoms with Crippen LogP contribution in [0.25, 0.3) is 0 Å². The van der Waals surface area contributed by atoms with Crippen LogP contribution in [0.4, 0.5) is 22.0 Å². The van der Waals surface area contributed by atoms with Crippen molar-refractivity contribution in [3.63, 3.8) is 0 Å². The molecule has 2 aromatic carbocycles. The summed E-state index contributed by atoms with van der Waals surface area (Å²) in [6, 6.07) is 7.89. The summed E-state index contributed by atoms with van der Waals surface area (Å²) in [6.45, 7) is 0. The molecule has 0 radical (unpaired) electrons. The minimum absolute atomic E-state index is 0.198. The second-order valence-corrected chi connectivity index (χ2v) is 7.32. The highest BCUT2D eigenvalue weighted by Crippen LogP contribution is 2.34. The first-order valence-corrected chi connectivity index (χ1v) is 9.11. The third-order valence-electron chi connectivity index (χ3n) is 3.97. The Morgan fingerprint density at radius 1 is 1.00 bits per heavy atom. The van der Waals surface area contributed by atoms with Crippen molar-refractivity contribution in [1.29, 1.82) is 0 Å². The van der Waals surface area contributed by atoms with Crippen molar-refractivity contribution >= 4 is 15.8 Å². The van der Waals surface area contributed by atoms with E-state index in [1.165, 1.54) is 18.2 Å². The van der Waals surface area contributed by atoms with Gasteiger partial charge < -0.3 is 4.18 Å². The lowest BCUT2D eigenvalue weighted by Gasteiger charge is -2.11. The minimum atomic E-state index is -5.75. The predicted molar refractivity (Wildman–Crippen MR) is 86.9 cm³/mol. The molecular weight excluding hydrogens is 393 g/mol. The van der Waals surface area contributed by atoms with Crippen molar-refractivity contribution in [1.82, 2.24) is 0 Å². The van der Waals surface area contributed by atoms with Gasteiger partial charge in [-0.1, -0.05) is 18.2 Å². The Morgan fingerprint density at radius 3 is 2.15 bits per heavy atom. The maximum atomic E-state index is 13.9. The van der Waals surface area contributed by atoms with Gasteiger partial charge in [0.05, 0.1) is 11.6 Å². The van der Waals surface area contributed by atoms with Crippen LogP contribution in [-0.2, 0) is 10.1 Å². The number of aliphatic imine (C=N–C) groups is 1. The smallest absolute Gasteiger partial charge is 0.376 e. The van der Waals surface area contributed by atoms with Gasteiger partial charge in [-0.3, -0.25) is 4.99 Å². The molecule has 0 saturated carbocycles. The lowest BCUT2D eigenvalue weighted by Crippen LogP contribution is -2.28. The van der Waals surface area contributed by atoms with Crippen molar-refractivity contribution in [3.8, 4) is 5.75 Å². The van der Waals surface area contributed by atoms with Gasteiger partial charge in [0.25, 0.3) is 0 Å². The molecule has 1 aliphatic heterocycles. The molecule has 10 heteroatoms. The molecule has 2 aromatic rings. The zero-order valence-electron chi connectivity index (χ0n) is 13.5. The van der Waals surface area contributed by atoms with Gasteiger partial charge in [-0.2, -0.15) is 21.6 Å². The lowest BCUT2D eigenvalue weighted by molar-refractivity contribution is -0.0500. The van der Waals surface area contributed by atoms with E-state index in [1.54, 1.807) is 0 Å². The van der Waals surface area contributed by atoms with Crippen molar-refractivity contribution < 1.29 is 34.6 Å². The number of nitrogens with zero attached hydrogens (tertiary/aromatic N) is 1. The number of benzene rings is 2. The maximum Gasteiger partial charge on any atom is 0.534 e. The summed E-state index contributed by atoms with van der Waals surface area (Å²) in [6.07, 6.45) is 0.771. The summed E-state index contributed by atoms with van der Waals surface area (Å²) in [7, 11) is -5.75. The van der Waals surface area contributed by atoms with Crippen LogP contribution in [-0.4, -0.2) is 19.6 Å². The first-order chi connectivity index (χ1) is 12.6. The number of rotatable bonds is 4. The predicted octanol–water partition coefficient (Wildman–Crippen LogP) is 4.52. The van der Waals surface area contributed by atoms with Gasteiger partial charge in [-0.05, 0) is 42.7 Å². The molecule has 0 saturated heterocycles. The molecule has 144 valence electrons. The Hall–Kier alpha value is -2.49. The first kappa shape index (κ1) is 19.3. The molecule has 1 atom stereocenters. The minimum Gasteiger partial charge on any atom is -0.376 e. The van der Waals surface area contributed by atoms with E-state index in [0.717, 1.165) is 24.3 Å². The van der Waals surface area contributed by atoms with E-state index >= 15 is 0 Å². The molecule has 0 fully saturated rings. The van der Waals surface area contributed by atoms with Gasteiger partial charge in [0.1, 0.15) is 17.4 Å². The van der Waals surface area contributed by atoms with Gasteiger partial charge in [0, 0.05) is 5.71 Å². The molecule has 0 N–H and O–H groups in total. The highest BCUT2D eigenvalue weighted by molar-refractivity contribution is 7.88. The average molecular weight is 405 g/mol. The fourth-order valence-electron chi connectivity index (χ4n) is 2.71. The second-order valence-electron chi connectivity index (χ2n) is 5.78. The Morgan fingerprint density at radius 2 is 1.59 bits per heavy atom. The van der Waals surface area contributed by atoms with E-state index in [-0.39, 0.29) is 11.3 Å². The number of halogens is 5. The molecule has 1 heterocycles. The highest BCUT2D eigenvalue weighted by atomic mass is 32.2. The third kappa shape index (κ3) is 3.95. The van der Waals surface area contributed by atoms with Crippen LogP contribution < -0.4 is 4.18 Å². The molecular formula is C17H12F5NO3S. The molecule has 0 spiro atoms. The Labute approximate surface area is 151 Å². The van der Waals surface area contributed by atoms with Crippen molar-refractivity contribution in [2.45, 2.75) is 24.4 Å². The lowest BCUT2D eigenvalue weighted by atomic mass is 10.0. The standard InChI is InChI=1S/C17H12F5NO3S/c18-12-2-1-3-13(19)16(12)15-9-8-14(23-15)10-4-6-11(7-5-10)26-27(24,25)17(20,21)22/h1-7,14H,8-9H2/t14-/m1/s1. The van der Waals surface area contributed by atoms with E-state index in [9.17, 15) is 30.4 Å². The summed E-state index contributed by atoms with van der Waals surface area (Å²) in [4.78, 5) is 4.29. The molecule has 4 nitrogen and oxygen atoms in total. The van der Waals surface area contributed by atoms with Gasteiger partial charge in [-0.25, -0.2) is 8.78 Å². The van der Waals surface area contributed by atoms with Crippen molar-refractivity contribution in [3.05, 3.63) is 65.2 Å². The molecule has 0 unspecified atom stereocenters. The SMILES string of the molecule is O=S(=O)(Oc1ccc([C@H]2CCC(c3c(F)cccc3F)=N2)cc1)C(F)(F)F. The van der Waals surface area contributed by atoms with E-state index < -0.39 is 39.1 Å². The Bertz CT molecular complexity index is 964. The van der Waals surface area contributed by atoms with Crippen LogP contribution in [0.2, 0.25) is 0 Å². The van der Waals surface area contributed by atoms with Gasteiger partial charge in [0.2, 0.25) is 0 Å². The quantitative estimate of drug-likeness (QED) is 0.427. The summed E-state index contributed by atoms with van der Waals surface area (Å²) in [5.41, 5.74) is -4.91. The summed E-state index contributed by atoms with van der Waals surface area (Å²) in [5, 5.41) is 0. The van der Waals surface area contributed by atoms with Crippen LogP contribution >= 0.6 is 0 Å². The van der Waals surface area contributed by atoms with Crippen LogP contribution in [0.3, 0.4) is 0 Å². The molecule has 0 amide bonds. The molecule has 0 aliphatic carbocycles. The number of hydrogen-bond acceptors (Lipinski definition) is 4. The molecule has 27 heavy (non-hydrogen) atoms. The molecule has 0 bridgehead atoms. The van der Waals surface area contributed by atoms with E-state index in [1.807, 2.05) is 0 Å². The zero-order chi connectivity index (χ0) is 19.8. The Kier molecular flexibility index (Phi) is 4.94. The first-order valence-electron chi connectivity index (χ1n) is 7.70. The third-order valence-corrected chi connectivity index (χ3v) is 4.95. The summed E-state index contributed by atoms with van der Waals surface area (Å²) < 4.78 is 90.7. The summed E-state index contributed by atoms with van der Waals surface area (Å²) in [5.74, 6) is -1.95. The molecule has 1 aliphatic rings. The van der Waals surface area contributed by atoms with Gasteiger partial charge in [-0.15, -0.1) is 0 Å². The average Bonchev–Trinajstić information content (AvgIpc) is 3.03. The number of hydrogen-bond donors (Lipinski definition) is 0. The summed E-state index contributed by atoms with van der Waals surface area (Å²) >= 11 is 0.